The largest absolute Gasteiger partial charge is 0.467 e. The summed E-state index contributed by atoms with van der Waals surface area (Å²) < 4.78 is 21.6. The molecule has 1 saturated heterocycles. The second kappa shape index (κ2) is 8.26. The van der Waals surface area contributed by atoms with E-state index in [0.29, 0.717) is 55.5 Å². The van der Waals surface area contributed by atoms with Crippen molar-refractivity contribution in [1.82, 2.24) is 24.6 Å². The van der Waals surface area contributed by atoms with Crippen LogP contribution < -0.4 is 4.74 Å². The third-order valence-corrected chi connectivity index (χ3v) is 6.87. The second-order valence-corrected chi connectivity index (χ2v) is 8.93. The van der Waals surface area contributed by atoms with Gasteiger partial charge in [-0.15, -0.1) is 5.10 Å². The Morgan fingerprint density at radius 2 is 1.88 bits per heavy atom. The standard InChI is InChI=1S/C23H26FN5O4/c1-12-7-17-19(10-16(12)13-3-5-28(6-4-13)23(31)32)29(27-21(17)24)20-11-18(14-8-15(30)9-14)25-22(26-20)33-2/h7,10-11,13-15,30H,3-6,8-9H2,1-2H3,(H,31,32)/t14-,15+. The number of benzene rings is 1. The van der Waals surface area contributed by atoms with Gasteiger partial charge in [-0.2, -0.15) is 14.4 Å². The number of halogens is 1. The first-order valence-electron chi connectivity index (χ1n) is 11.1. The van der Waals surface area contributed by atoms with Gasteiger partial charge in [0.2, 0.25) is 5.95 Å². The summed E-state index contributed by atoms with van der Waals surface area (Å²) in [5.74, 6) is 0.101. The Bertz CT molecular complexity index is 1220. The number of aliphatic hydroxyl groups is 1. The zero-order valence-corrected chi connectivity index (χ0v) is 18.5. The van der Waals surface area contributed by atoms with Crippen LogP contribution in [0.4, 0.5) is 9.18 Å². The minimum absolute atomic E-state index is 0.0968. The Balaban J connectivity index is 1.55. The molecule has 3 aromatic rings. The summed E-state index contributed by atoms with van der Waals surface area (Å²) in [6, 6.07) is 5.69. The van der Waals surface area contributed by atoms with Crippen molar-refractivity contribution in [3.8, 4) is 11.8 Å². The molecule has 9 nitrogen and oxygen atoms in total. The van der Waals surface area contributed by atoms with E-state index in [0.717, 1.165) is 16.8 Å². The van der Waals surface area contributed by atoms with E-state index in [2.05, 4.69) is 15.1 Å². The highest BCUT2D eigenvalue weighted by Crippen LogP contribution is 2.38. The Hall–Kier alpha value is -3.27. The number of rotatable bonds is 4. The third-order valence-electron chi connectivity index (χ3n) is 6.87. The van der Waals surface area contributed by atoms with Crippen LogP contribution in [0.5, 0.6) is 6.01 Å². The van der Waals surface area contributed by atoms with Crippen LogP contribution in [0.15, 0.2) is 18.2 Å². The van der Waals surface area contributed by atoms with Gasteiger partial charge in [0, 0.05) is 25.1 Å². The number of aliphatic hydroxyl groups excluding tert-OH is 1. The molecule has 1 aliphatic carbocycles. The van der Waals surface area contributed by atoms with E-state index >= 15 is 0 Å². The first-order valence-corrected chi connectivity index (χ1v) is 11.1. The molecule has 33 heavy (non-hydrogen) atoms. The number of piperidine rings is 1. The van der Waals surface area contributed by atoms with E-state index in [9.17, 15) is 19.4 Å². The molecule has 0 bridgehead atoms. The number of carboxylic acid groups (broad SMARTS) is 1. The zero-order valence-electron chi connectivity index (χ0n) is 18.5. The first kappa shape index (κ1) is 21.6. The SMILES string of the molecule is COc1nc(-n2nc(F)c3cc(C)c(C4CCN(C(=O)O)CC4)cc32)cc([C@H]2C[C@@H](O)C2)n1. The van der Waals surface area contributed by atoms with Crippen LogP contribution in [0.2, 0.25) is 0 Å². The molecule has 1 aromatic carbocycles. The summed E-state index contributed by atoms with van der Waals surface area (Å²) in [6.45, 7) is 2.90. The maximum Gasteiger partial charge on any atom is 0.407 e. The maximum atomic E-state index is 14.8. The lowest BCUT2D eigenvalue weighted by molar-refractivity contribution is 0.0729. The number of nitrogens with zero attached hydrogens (tertiary/aromatic N) is 5. The third kappa shape index (κ3) is 3.88. The van der Waals surface area contributed by atoms with Crippen molar-refractivity contribution in [2.75, 3.05) is 20.2 Å². The van der Waals surface area contributed by atoms with Gasteiger partial charge in [0.15, 0.2) is 5.82 Å². The van der Waals surface area contributed by atoms with Crippen LogP contribution in [-0.4, -0.2) is 67.3 Å². The molecule has 2 N–H and O–H groups in total. The highest BCUT2D eigenvalue weighted by Gasteiger charge is 2.31. The van der Waals surface area contributed by atoms with Gasteiger partial charge in [-0.05, 0) is 61.8 Å². The minimum atomic E-state index is -0.895. The van der Waals surface area contributed by atoms with Crippen molar-refractivity contribution >= 4 is 17.0 Å². The first-order chi connectivity index (χ1) is 15.8. The fourth-order valence-corrected chi connectivity index (χ4v) is 4.91. The number of likely N-dealkylation sites (tertiary alicyclic amines) is 1. The quantitative estimate of drug-likeness (QED) is 0.620. The van der Waals surface area contributed by atoms with Crippen LogP contribution in [0.25, 0.3) is 16.7 Å². The van der Waals surface area contributed by atoms with Gasteiger partial charge >= 0.3 is 12.1 Å². The number of hydrogen-bond donors (Lipinski definition) is 2. The lowest BCUT2D eigenvalue weighted by atomic mass is 9.80. The molecular weight excluding hydrogens is 429 g/mol. The molecule has 0 atom stereocenters. The second-order valence-electron chi connectivity index (χ2n) is 8.93. The van der Waals surface area contributed by atoms with E-state index in [-0.39, 0.29) is 24.0 Å². The summed E-state index contributed by atoms with van der Waals surface area (Å²) in [7, 11) is 1.48. The van der Waals surface area contributed by atoms with Gasteiger partial charge in [-0.25, -0.2) is 9.48 Å². The van der Waals surface area contributed by atoms with Gasteiger partial charge < -0.3 is 19.8 Å². The van der Waals surface area contributed by atoms with E-state index in [1.807, 2.05) is 13.0 Å². The maximum absolute atomic E-state index is 14.8. The predicted molar refractivity (Wildman–Crippen MR) is 117 cm³/mol. The van der Waals surface area contributed by atoms with Crippen molar-refractivity contribution in [1.29, 1.82) is 0 Å². The molecule has 1 aliphatic heterocycles. The van der Waals surface area contributed by atoms with Crippen molar-refractivity contribution in [2.45, 2.75) is 50.5 Å². The fraction of sp³-hybridized carbons (Fsp3) is 0.478. The molecule has 5 rings (SSSR count). The lowest BCUT2D eigenvalue weighted by Crippen LogP contribution is -2.36. The summed E-state index contributed by atoms with van der Waals surface area (Å²) in [5, 5.41) is 23.4. The van der Waals surface area contributed by atoms with E-state index in [1.54, 1.807) is 12.1 Å². The molecule has 2 fully saturated rings. The highest BCUT2D eigenvalue weighted by molar-refractivity contribution is 5.82. The Kier molecular flexibility index (Phi) is 5.40. The summed E-state index contributed by atoms with van der Waals surface area (Å²) in [4.78, 5) is 21.5. The summed E-state index contributed by atoms with van der Waals surface area (Å²) in [6.07, 6.45) is 1.43. The number of carbonyl (C=O) groups is 1. The molecule has 10 heteroatoms. The van der Waals surface area contributed by atoms with Gasteiger partial charge in [0.1, 0.15) is 0 Å². The van der Waals surface area contributed by atoms with Crippen LogP contribution in [-0.2, 0) is 0 Å². The number of fused-ring (bicyclic) bond motifs is 1. The normalized spacial score (nSPS) is 21.3. The predicted octanol–water partition coefficient (Wildman–Crippen LogP) is 3.37. The summed E-state index contributed by atoms with van der Waals surface area (Å²) in [5.41, 5.74) is 3.35. The number of hydrogen-bond acceptors (Lipinski definition) is 6. The molecule has 2 aromatic heterocycles. The molecule has 0 radical (unpaired) electrons. The van der Waals surface area contributed by atoms with Crippen LogP contribution in [0, 0.1) is 12.9 Å². The van der Waals surface area contributed by atoms with E-state index in [4.69, 9.17) is 4.74 Å². The molecule has 1 saturated carbocycles. The lowest BCUT2D eigenvalue weighted by Gasteiger charge is -2.31. The highest BCUT2D eigenvalue weighted by atomic mass is 19.1. The topological polar surface area (TPSA) is 114 Å². The van der Waals surface area contributed by atoms with Gasteiger partial charge in [0.05, 0.1) is 29.8 Å². The van der Waals surface area contributed by atoms with Crippen molar-refractivity contribution in [3.05, 3.63) is 41.0 Å². The zero-order chi connectivity index (χ0) is 23.3. The van der Waals surface area contributed by atoms with Crippen LogP contribution in [0.1, 0.15) is 54.3 Å². The number of amides is 1. The van der Waals surface area contributed by atoms with E-state index in [1.165, 1.54) is 16.7 Å². The monoisotopic (exact) mass is 455 g/mol. The Morgan fingerprint density at radius 3 is 2.52 bits per heavy atom. The Morgan fingerprint density at radius 1 is 1.15 bits per heavy atom. The Labute approximate surface area is 189 Å². The summed E-state index contributed by atoms with van der Waals surface area (Å²) >= 11 is 0. The molecule has 3 heterocycles. The number of aryl methyl sites for hydroxylation is 1. The van der Waals surface area contributed by atoms with E-state index < -0.39 is 12.0 Å². The molecular formula is C23H26FN5O4. The number of methoxy groups -OCH3 is 1. The van der Waals surface area contributed by atoms with Crippen molar-refractivity contribution in [2.24, 2.45) is 0 Å². The molecule has 0 spiro atoms. The number of ether oxygens (including phenoxy) is 1. The molecule has 1 amide bonds. The number of aromatic nitrogens is 4. The average Bonchev–Trinajstić information content (AvgIpc) is 3.11. The van der Waals surface area contributed by atoms with Gasteiger partial charge in [0.25, 0.3) is 0 Å². The van der Waals surface area contributed by atoms with Crippen LogP contribution in [0.3, 0.4) is 0 Å². The smallest absolute Gasteiger partial charge is 0.407 e. The van der Waals surface area contributed by atoms with Gasteiger partial charge in [-0.1, -0.05) is 0 Å². The van der Waals surface area contributed by atoms with Gasteiger partial charge in [-0.3, -0.25) is 0 Å². The molecule has 174 valence electrons. The fourth-order valence-electron chi connectivity index (χ4n) is 4.91. The molecule has 0 unspecified atom stereocenters. The molecule has 2 aliphatic rings. The van der Waals surface area contributed by atoms with Crippen molar-refractivity contribution < 1.29 is 24.1 Å². The van der Waals surface area contributed by atoms with Crippen LogP contribution >= 0.6 is 0 Å². The average molecular weight is 455 g/mol. The van der Waals surface area contributed by atoms with Crippen molar-refractivity contribution in [3.63, 3.8) is 0 Å². The minimum Gasteiger partial charge on any atom is -0.467 e.